The summed E-state index contributed by atoms with van der Waals surface area (Å²) in [6, 6.07) is 8.23. The lowest BCUT2D eigenvalue weighted by atomic mass is 10.1. The van der Waals surface area contributed by atoms with Gasteiger partial charge in [-0.15, -0.1) is 0 Å². The molecule has 0 aliphatic carbocycles. The van der Waals surface area contributed by atoms with Gasteiger partial charge in [-0.05, 0) is 49.7 Å². The molecule has 0 radical (unpaired) electrons. The number of amides is 1. The second-order valence-corrected chi connectivity index (χ2v) is 6.06. The SMILES string of the molecule is CCOC(=O)[C@@](NC(=O)c1ccc(OC)cc1)(Nc1ccc(C)c[nH+]1)C(F)(F)F. The maximum Gasteiger partial charge on any atom is 0.464 e. The molecule has 0 saturated carbocycles. The van der Waals surface area contributed by atoms with Gasteiger partial charge in [-0.2, -0.15) is 13.2 Å². The molecular formula is C19H21F3N3O4+. The van der Waals surface area contributed by atoms with Crippen LogP contribution in [0.2, 0.25) is 0 Å². The molecule has 10 heteroatoms. The van der Waals surface area contributed by atoms with Gasteiger partial charge in [-0.25, -0.2) is 15.1 Å². The quantitative estimate of drug-likeness (QED) is 0.539. The number of H-pyrrole nitrogens is 1. The Morgan fingerprint density at radius 2 is 1.76 bits per heavy atom. The van der Waals surface area contributed by atoms with Crippen LogP contribution in [-0.4, -0.2) is 37.4 Å². The molecule has 2 rings (SSSR count). The van der Waals surface area contributed by atoms with Crippen molar-refractivity contribution in [1.29, 1.82) is 0 Å². The van der Waals surface area contributed by atoms with E-state index in [1.807, 2.05) is 0 Å². The lowest BCUT2D eigenvalue weighted by Gasteiger charge is -2.30. The van der Waals surface area contributed by atoms with Crippen molar-refractivity contribution in [2.75, 3.05) is 19.0 Å². The van der Waals surface area contributed by atoms with E-state index in [0.717, 1.165) is 5.56 Å². The minimum Gasteiger partial charge on any atom is -0.497 e. The van der Waals surface area contributed by atoms with Crippen molar-refractivity contribution in [2.45, 2.75) is 25.7 Å². The van der Waals surface area contributed by atoms with E-state index in [1.165, 1.54) is 56.6 Å². The van der Waals surface area contributed by atoms with Crippen molar-refractivity contribution in [2.24, 2.45) is 0 Å². The number of carbonyl (C=O) groups excluding carboxylic acids is 2. The minimum atomic E-state index is -5.22. The highest BCUT2D eigenvalue weighted by Crippen LogP contribution is 2.33. The molecule has 7 nitrogen and oxygen atoms in total. The zero-order chi connectivity index (χ0) is 21.7. The van der Waals surface area contributed by atoms with E-state index in [0.29, 0.717) is 5.75 Å². The number of aryl methyl sites for hydroxylation is 1. The first-order chi connectivity index (χ1) is 13.6. The number of esters is 1. The number of hydrogen-bond acceptors (Lipinski definition) is 5. The summed E-state index contributed by atoms with van der Waals surface area (Å²) in [4.78, 5) is 27.5. The maximum absolute atomic E-state index is 14.1. The summed E-state index contributed by atoms with van der Waals surface area (Å²) in [5.41, 5.74) is -2.85. The maximum atomic E-state index is 14.1. The van der Waals surface area contributed by atoms with Crippen LogP contribution in [0.4, 0.5) is 19.0 Å². The molecule has 0 saturated heterocycles. The van der Waals surface area contributed by atoms with E-state index in [4.69, 9.17) is 4.74 Å². The van der Waals surface area contributed by atoms with Crippen LogP contribution in [0, 0.1) is 6.92 Å². The molecule has 1 amide bonds. The number of pyridine rings is 1. The Morgan fingerprint density at radius 1 is 1.10 bits per heavy atom. The molecule has 0 aliphatic rings. The second-order valence-electron chi connectivity index (χ2n) is 6.06. The highest BCUT2D eigenvalue weighted by molar-refractivity contribution is 5.99. The molecule has 1 aromatic carbocycles. The molecular weight excluding hydrogens is 391 g/mol. The minimum absolute atomic E-state index is 0.0987. The molecule has 0 unspecified atom stereocenters. The number of ether oxygens (including phenoxy) is 2. The average molecular weight is 412 g/mol. The van der Waals surface area contributed by atoms with Crippen LogP contribution in [0.25, 0.3) is 0 Å². The Labute approximate surface area is 165 Å². The molecule has 0 aliphatic heterocycles. The van der Waals surface area contributed by atoms with Gasteiger partial charge in [0, 0.05) is 11.6 Å². The van der Waals surface area contributed by atoms with Crippen LogP contribution in [0.5, 0.6) is 5.75 Å². The summed E-state index contributed by atoms with van der Waals surface area (Å²) in [5, 5.41) is 3.82. The second kappa shape index (κ2) is 8.80. The van der Waals surface area contributed by atoms with Crippen LogP contribution in [0.3, 0.4) is 0 Å². The number of alkyl halides is 3. The van der Waals surface area contributed by atoms with Gasteiger partial charge in [-0.1, -0.05) is 0 Å². The summed E-state index contributed by atoms with van der Waals surface area (Å²) in [7, 11) is 1.41. The largest absolute Gasteiger partial charge is 0.497 e. The Hall–Kier alpha value is -3.30. The number of anilines is 1. The van der Waals surface area contributed by atoms with Crippen LogP contribution in [0.1, 0.15) is 22.8 Å². The van der Waals surface area contributed by atoms with Crippen LogP contribution in [-0.2, 0) is 9.53 Å². The Balaban J connectivity index is 2.46. The summed E-state index contributed by atoms with van der Waals surface area (Å²) in [6.45, 7) is 2.78. The number of aromatic nitrogens is 1. The molecule has 0 spiro atoms. The summed E-state index contributed by atoms with van der Waals surface area (Å²) >= 11 is 0. The third kappa shape index (κ3) is 4.95. The van der Waals surface area contributed by atoms with Gasteiger partial charge in [0.2, 0.25) is 0 Å². The van der Waals surface area contributed by atoms with E-state index >= 15 is 0 Å². The molecule has 1 atom stereocenters. The van der Waals surface area contributed by atoms with Gasteiger partial charge < -0.3 is 9.47 Å². The van der Waals surface area contributed by atoms with Crippen molar-refractivity contribution in [1.82, 2.24) is 5.32 Å². The first-order valence-electron chi connectivity index (χ1n) is 8.60. The van der Waals surface area contributed by atoms with Crippen molar-refractivity contribution < 1.29 is 37.2 Å². The van der Waals surface area contributed by atoms with Gasteiger partial charge in [0.05, 0.1) is 19.9 Å². The van der Waals surface area contributed by atoms with E-state index in [2.05, 4.69) is 15.0 Å². The van der Waals surface area contributed by atoms with Crippen LogP contribution in [0.15, 0.2) is 42.6 Å². The van der Waals surface area contributed by atoms with Crippen molar-refractivity contribution in [3.8, 4) is 5.75 Å². The van der Waals surface area contributed by atoms with Gasteiger partial charge >= 0.3 is 17.8 Å². The summed E-state index contributed by atoms with van der Waals surface area (Å²) in [5.74, 6) is -2.54. The molecule has 1 aromatic heterocycles. The number of aromatic amines is 1. The molecule has 0 bridgehead atoms. The van der Waals surface area contributed by atoms with Crippen molar-refractivity contribution in [3.63, 3.8) is 0 Å². The molecule has 0 fully saturated rings. The molecule has 1 heterocycles. The highest BCUT2D eigenvalue weighted by Gasteiger charge is 2.67. The zero-order valence-electron chi connectivity index (χ0n) is 16.0. The van der Waals surface area contributed by atoms with Crippen LogP contribution >= 0.6 is 0 Å². The summed E-state index contributed by atoms with van der Waals surface area (Å²) in [6.07, 6.45) is -3.78. The highest BCUT2D eigenvalue weighted by atomic mass is 19.4. The Kier molecular flexibility index (Phi) is 6.68. The first-order valence-corrected chi connectivity index (χ1v) is 8.60. The smallest absolute Gasteiger partial charge is 0.464 e. The number of nitrogens with one attached hydrogen (secondary N) is 3. The van der Waals surface area contributed by atoms with Gasteiger partial charge in [0.25, 0.3) is 11.7 Å². The molecule has 156 valence electrons. The average Bonchev–Trinajstić information content (AvgIpc) is 2.68. The molecule has 29 heavy (non-hydrogen) atoms. The first kappa shape index (κ1) is 22.0. The molecule has 2 aromatic rings. The fraction of sp³-hybridized carbons (Fsp3) is 0.316. The fourth-order valence-electron chi connectivity index (χ4n) is 2.40. The zero-order valence-corrected chi connectivity index (χ0v) is 16.0. The fourth-order valence-corrected chi connectivity index (χ4v) is 2.40. The Morgan fingerprint density at radius 3 is 2.24 bits per heavy atom. The number of carbonyl (C=O) groups is 2. The number of rotatable bonds is 7. The number of benzene rings is 1. The van der Waals surface area contributed by atoms with Crippen molar-refractivity contribution >= 4 is 17.7 Å². The van der Waals surface area contributed by atoms with E-state index < -0.39 is 23.7 Å². The lowest BCUT2D eigenvalue weighted by molar-refractivity contribution is -0.363. The normalized spacial score (nSPS) is 13.2. The van der Waals surface area contributed by atoms with Gasteiger partial charge in [0.1, 0.15) is 5.75 Å². The van der Waals surface area contributed by atoms with Crippen LogP contribution < -0.4 is 20.4 Å². The van der Waals surface area contributed by atoms with E-state index in [1.54, 1.807) is 12.2 Å². The predicted molar refractivity (Wildman–Crippen MR) is 97.2 cm³/mol. The number of methoxy groups -OCH3 is 1. The lowest BCUT2D eigenvalue weighted by Crippen LogP contribution is -2.69. The third-order valence-corrected chi connectivity index (χ3v) is 3.95. The summed E-state index contributed by atoms with van der Waals surface area (Å²) < 4.78 is 51.9. The monoisotopic (exact) mass is 412 g/mol. The molecule has 3 N–H and O–H groups in total. The van der Waals surface area contributed by atoms with E-state index in [9.17, 15) is 22.8 Å². The number of hydrogen-bond donors (Lipinski definition) is 2. The van der Waals surface area contributed by atoms with Gasteiger partial charge in [0.15, 0.2) is 0 Å². The van der Waals surface area contributed by atoms with Gasteiger partial charge in [-0.3, -0.25) is 10.1 Å². The standard InChI is InChI=1S/C19H20F3N3O4/c1-4-29-17(27)18(19(20,21)22,24-15-10-5-12(2)11-23-15)25-16(26)13-6-8-14(28-3)9-7-13/h5-11H,4H2,1-3H3,(H,23,24)(H,25,26)/p+1/t18-/m0/s1. The third-order valence-electron chi connectivity index (χ3n) is 3.95. The topological polar surface area (TPSA) is 90.8 Å². The number of halogens is 3. The van der Waals surface area contributed by atoms with E-state index in [-0.39, 0.29) is 18.0 Å². The van der Waals surface area contributed by atoms with Crippen molar-refractivity contribution in [3.05, 3.63) is 53.7 Å². The predicted octanol–water partition coefficient (Wildman–Crippen LogP) is 2.48. The Bertz CT molecular complexity index is 854.